The van der Waals surface area contributed by atoms with E-state index in [-0.39, 0.29) is 0 Å². The number of hydrogen-bond acceptors (Lipinski definition) is 4. The highest BCUT2D eigenvalue weighted by atomic mass is 16.5. The Kier molecular flexibility index (Phi) is 4.25. The van der Waals surface area contributed by atoms with Crippen LogP contribution in [0.4, 0.5) is 11.4 Å². The average Bonchev–Trinajstić information content (AvgIpc) is 2.58. The van der Waals surface area contributed by atoms with Gasteiger partial charge in [-0.25, -0.2) is 0 Å². The molecule has 0 aliphatic carbocycles. The molecular weight excluding hydrogens is 288 g/mol. The highest BCUT2D eigenvalue weighted by Gasteiger charge is 2.02. The van der Waals surface area contributed by atoms with Crippen LogP contribution in [0.25, 0.3) is 0 Å². The van der Waals surface area contributed by atoms with Crippen molar-refractivity contribution in [3.63, 3.8) is 0 Å². The van der Waals surface area contributed by atoms with Gasteiger partial charge in [-0.3, -0.25) is 4.99 Å². The summed E-state index contributed by atoms with van der Waals surface area (Å²) >= 11 is 0. The molecule has 2 N–H and O–H groups in total. The first-order valence-electron chi connectivity index (χ1n) is 7.11. The van der Waals surface area contributed by atoms with Gasteiger partial charge in [0.25, 0.3) is 0 Å². The molecule has 0 saturated heterocycles. The zero-order valence-electron chi connectivity index (χ0n) is 12.5. The predicted octanol–water partition coefficient (Wildman–Crippen LogP) is 5.19. The van der Waals surface area contributed by atoms with Crippen LogP contribution in [0.15, 0.2) is 77.8 Å². The number of nitrogen functional groups attached to an aromatic ring is 1. The van der Waals surface area contributed by atoms with Crippen molar-refractivity contribution >= 4 is 18.1 Å². The van der Waals surface area contributed by atoms with E-state index in [0.29, 0.717) is 17.2 Å². The zero-order valence-corrected chi connectivity index (χ0v) is 12.5. The van der Waals surface area contributed by atoms with Crippen molar-refractivity contribution in [2.45, 2.75) is 0 Å². The largest absolute Gasteiger partial charge is 0.457 e. The number of aliphatic imine (C=N–C) groups is 1. The first-order chi connectivity index (χ1) is 11.2. The lowest BCUT2D eigenvalue weighted by Gasteiger charge is -2.09. The Morgan fingerprint density at radius 3 is 1.74 bits per heavy atom. The van der Waals surface area contributed by atoms with Gasteiger partial charge >= 0.3 is 0 Å². The molecule has 114 valence electrons. The molecule has 0 aliphatic rings. The maximum Gasteiger partial charge on any atom is 0.131 e. The lowest BCUT2D eigenvalue weighted by molar-refractivity contribution is 0.460. The van der Waals surface area contributed by atoms with Crippen LogP contribution in [0.5, 0.6) is 23.0 Å². The third-order valence-corrected chi connectivity index (χ3v) is 3.18. The van der Waals surface area contributed by atoms with Crippen molar-refractivity contribution in [2.24, 2.45) is 4.99 Å². The van der Waals surface area contributed by atoms with Crippen molar-refractivity contribution in [1.82, 2.24) is 0 Å². The van der Waals surface area contributed by atoms with Crippen molar-refractivity contribution in [2.75, 3.05) is 5.73 Å². The third kappa shape index (κ3) is 3.89. The molecule has 0 spiro atoms. The average molecular weight is 304 g/mol. The molecule has 0 amide bonds. The van der Waals surface area contributed by atoms with E-state index in [1.807, 2.05) is 60.7 Å². The number of anilines is 1. The van der Waals surface area contributed by atoms with Crippen LogP contribution in [0.3, 0.4) is 0 Å². The molecule has 0 fully saturated rings. The summed E-state index contributed by atoms with van der Waals surface area (Å²) in [5.41, 5.74) is 7.17. The van der Waals surface area contributed by atoms with Gasteiger partial charge in [-0.15, -0.1) is 0 Å². The fraction of sp³-hybridized carbons (Fsp3) is 0. The number of ether oxygens (including phenoxy) is 2. The lowest BCUT2D eigenvalue weighted by Crippen LogP contribution is -1.88. The van der Waals surface area contributed by atoms with Crippen LogP contribution in [0.2, 0.25) is 0 Å². The molecule has 0 unspecified atom stereocenters. The molecule has 4 nitrogen and oxygen atoms in total. The molecule has 3 aromatic rings. The fourth-order valence-electron chi connectivity index (χ4n) is 2.03. The van der Waals surface area contributed by atoms with Gasteiger partial charge in [0.2, 0.25) is 0 Å². The van der Waals surface area contributed by atoms with Gasteiger partial charge in [0.15, 0.2) is 0 Å². The van der Waals surface area contributed by atoms with E-state index >= 15 is 0 Å². The van der Waals surface area contributed by atoms with E-state index in [1.165, 1.54) is 0 Å². The summed E-state index contributed by atoms with van der Waals surface area (Å²) < 4.78 is 11.6. The molecule has 23 heavy (non-hydrogen) atoms. The lowest BCUT2D eigenvalue weighted by atomic mass is 10.3. The van der Waals surface area contributed by atoms with E-state index < -0.39 is 0 Å². The van der Waals surface area contributed by atoms with Crippen LogP contribution in [0, 0.1) is 0 Å². The van der Waals surface area contributed by atoms with Gasteiger partial charge in [-0.05, 0) is 67.4 Å². The number of hydrogen-bond donors (Lipinski definition) is 1. The number of nitrogens with two attached hydrogens (primary N) is 1. The van der Waals surface area contributed by atoms with E-state index in [0.717, 1.165) is 17.2 Å². The van der Waals surface area contributed by atoms with Crippen LogP contribution < -0.4 is 15.2 Å². The SMILES string of the molecule is C=Nc1ccc(Oc2cccc(Oc3ccc(N)cc3)c2)cc1. The Labute approximate surface area is 134 Å². The van der Waals surface area contributed by atoms with Gasteiger partial charge in [-0.1, -0.05) is 6.07 Å². The van der Waals surface area contributed by atoms with E-state index in [9.17, 15) is 0 Å². The molecule has 0 aromatic heterocycles. The van der Waals surface area contributed by atoms with E-state index in [1.54, 1.807) is 12.1 Å². The second kappa shape index (κ2) is 6.66. The van der Waals surface area contributed by atoms with Crippen LogP contribution >= 0.6 is 0 Å². The first kappa shape index (κ1) is 14.7. The van der Waals surface area contributed by atoms with Gasteiger partial charge in [0.1, 0.15) is 23.0 Å². The smallest absolute Gasteiger partial charge is 0.131 e. The predicted molar refractivity (Wildman–Crippen MR) is 93.1 cm³/mol. The number of nitrogens with zero attached hydrogens (tertiary/aromatic N) is 1. The van der Waals surface area contributed by atoms with Crippen LogP contribution in [-0.2, 0) is 0 Å². The van der Waals surface area contributed by atoms with Crippen molar-refractivity contribution in [3.8, 4) is 23.0 Å². The minimum atomic E-state index is 0.691. The topological polar surface area (TPSA) is 56.8 Å². The monoisotopic (exact) mass is 304 g/mol. The van der Waals surface area contributed by atoms with Crippen molar-refractivity contribution < 1.29 is 9.47 Å². The summed E-state index contributed by atoms with van der Waals surface area (Å²) in [6.07, 6.45) is 0. The Morgan fingerprint density at radius 1 is 0.696 bits per heavy atom. The first-order valence-corrected chi connectivity index (χ1v) is 7.11. The number of rotatable bonds is 5. The summed E-state index contributed by atoms with van der Waals surface area (Å²) in [6, 6.07) is 22.1. The van der Waals surface area contributed by atoms with E-state index in [2.05, 4.69) is 11.7 Å². The van der Waals surface area contributed by atoms with Crippen molar-refractivity contribution in [1.29, 1.82) is 0 Å². The summed E-state index contributed by atoms with van der Waals surface area (Å²) in [5, 5.41) is 0. The molecule has 0 radical (unpaired) electrons. The Hall–Kier alpha value is -3.27. The fourth-order valence-corrected chi connectivity index (χ4v) is 2.03. The molecule has 0 bridgehead atoms. The second-order valence-corrected chi connectivity index (χ2v) is 4.90. The third-order valence-electron chi connectivity index (χ3n) is 3.18. The van der Waals surface area contributed by atoms with Crippen LogP contribution in [0.1, 0.15) is 0 Å². The molecule has 4 heteroatoms. The minimum absolute atomic E-state index is 0.691. The van der Waals surface area contributed by atoms with Gasteiger partial charge in [-0.2, -0.15) is 0 Å². The minimum Gasteiger partial charge on any atom is -0.457 e. The van der Waals surface area contributed by atoms with Gasteiger partial charge in [0.05, 0.1) is 5.69 Å². The Balaban J connectivity index is 1.73. The quantitative estimate of drug-likeness (QED) is 0.521. The summed E-state index contributed by atoms with van der Waals surface area (Å²) in [5.74, 6) is 2.83. The van der Waals surface area contributed by atoms with Crippen molar-refractivity contribution in [3.05, 3.63) is 72.8 Å². The highest BCUT2D eigenvalue weighted by molar-refractivity contribution is 5.48. The summed E-state index contributed by atoms with van der Waals surface area (Å²) in [4.78, 5) is 3.85. The maximum atomic E-state index is 5.81. The zero-order chi connectivity index (χ0) is 16.1. The number of benzene rings is 3. The highest BCUT2D eigenvalue weighted by Crippen LogP contribution is 2.29. The standard InChI is InChI=1S/C19H16N2O2/c1-21-15-7-11-17(12-8-15)23-19-4-2-3-18(13-19)22-16-9-5-14(20)6-10-16/h2-13H,1,20H2. The Bertz CT molecular complexity index is 796. The van der Waals surface area contributed by atoms with Gasteiger partial charge < -0.3 is 15.2 Å². The summed E-state index contributed by atoms with van der Waals surface area (Å²) in [7, 11) is 0. The van der Waals surface area contributed by atoms with Gasteiger partial charge in [0, 0.05) is 11.8 Å². The molecule has 0 saturated carbocycles. The molecular formula is C19H16N2O2. The molecule has 3 rings (SSSR count). The molecule has 0 aliphatic heterocycles. The second-order valence-electron chi connectivity index (χ2n) is 4.90. The summed E-state index contributed by atoms with van der Waals surface area (Å²) in [6.45, 7) is 3.49. The maximum absolute atomic E-state index is 5.81. The van der Waals surface area contributed by atoms with E-state index in [4.69, 9.17) is 15.2 Å². The van der Waals surface area contributed by atoms with Crippen LogP contribution in [-0.4, -0.2) is 6.72 Å². The molecule has 0 atom stereocenters. The molecule has 0 heterocycles. The molecule has 3 aromatic carbocycles. The normalized spacial score (nSPS) is 10.1. The Morgan fingerprint density at radius 2 is 1.22 bits per heavy atom.